The molecule has 1 aromatic carbocycles. The summed E-state index contributed by atoms with van der Waals surface area (Å²) in [5.41, 5.74) is 0.774. The summed E-state index contributed by atoms with van der Waals surface area (Å²) in [5, 5.41) is 3.25. The zero-order valence-electron chi connectivity index (χ0n) is 12.3. The van der Waals surface area contributed by atoms with Crippen LogP contribution in [0.5, 0.6) is 0 Å². The number of nitrogens with zero attached hydrogens (tertiary/aromatic N) is 1. The number of hydrogen-bond donors (Lipinski definition) is 2. The number of carbonyl (C=O) groups is 1. The lowest BCUT2D eigenvalue weighted by atomic mass is 10.3. The molecule has 122 valence electrons. The van der Waals surface area contributed by atoms with Gasteiger partial charge in [0.15, 0.2) is 0 Å². The number of sulfonamides is 1. The van der Waals surface area contributed by atoms with E-state index in [1.54, 1.807) is 24.3 Å². The molecule has 1 amide bonds. The maximum Gasteiger partial charge on any atom is 0.272 e. The molecule has 2 N–H and O–H groups in total. The van der Waals surface area contributed by atoms with Crippen LogP contribution >= 0.6 is 11.6 Å². The van der Waals surface area contributed by atoms with Crippen LogP contribution in [0.25, 0.3) is 0 Å². The summed E-state index contributed by atoms with van der Waals surface area (Å²) >= 11 is 5.79. The predicted molar refractivity (Wildman–Crippen MR) is 88.2 cm³/mol. The van der Waals surface area contributed by atoms with Crippen LogP contribution in [0.2, 0.25) is 5.02 Å². The molecule has 0 spiro atoms. The van der Waals surface area contributed by atoms with E-state index in [0.717, 1.165) is 12.8 Å². The minimum absolute atomic E-state index is 0.112. The number of rotatable bonds is 4. The number of carbonyl (C=O) groups excluding carboxylic acids is 1. The number of anilines is 1. The van der Waals surface area contributed by atoms with E-state index in [0.29, 0.717) is 23.8 Å². The predicted octanol–water partition coefficient (Wildman–Crippen LogP) is 2.70. The highest BCUT2D eigenvalue weighted by atomic mass is 35.5. The van der Waals surface area contributed by atoms with E-state index < -0.39 is 15.9 Å². The Morgan fingerprint density at radius 1 is 1.17 bits per heavy atom. The second kappa shape index (κ2) is 6.35. The van der Waals surface area contributed by atoms with Crippen molar-refractivity contribution in [2.75, 3.05) is 18.4 Å². The van der Waals surface area contributed by atoms with Gasteiger partial charge in [0.25, 0.3) is 5.91 Å². The summed E-state index contributed by atoms with van der Waals surface area (Å²) in [6.07, 6.45) is 3.09. The Morgan fingerprint density at radius 2 is 1.83 bits per heavy atom. The summed E-state index contributed by atoms with van der Waals surface area (Å²) in [5.74, 6) is -0.407. The zero-order chi connectivity index (χ0) is 16.4. The summed E-state index contributed by atoms with van der Waals surface area (Å²) < 4.78 is 26.3. The fraction of sp³-hybridized carbons (Fsp3) is 0.267. The van der Waals surface area contributed by atoms with E-state index in [-0.39, 0.29) is 10.6 Å². The van der Waals surface area contributed by atoms with Crippen LogP contribution in [0.15, 0.2) is 41.4 Å². The first kappa shape index (κ1) is 16.0. The first-order valence-corrected chi connectivity index (χ1v) is 9.04. The smallest absolute Gasteiger partial charge is 0.272 e. The van der Waals surface area contributed by atoms with Gasteiger partial charge in [0, 0.05) is 30.0 Å². The van der Waals surface area contributed by atoms with Crippen molar-refractivity contribution in [2.24, 2.45) is 0 Å². The Morgan fingerprint density at radius 3 is 2.48 bits per heavy atom. The van der Waals surface area contributed by atoms with Crippen LogP contribution in [0.1, 0.15) is 23.3 Å². The molecule has 0 unspecified atom stereocenters. The number of amides is 1. The van der Waals surface area contributed by atoms with Gasteiger partial charge in [0.05, 0.1) is 0 Å². The maximum atomic E-state index is 12.4. The molecule has 23 heavy (non-hydrogen) atoms. The van der Waals surface area contributed by atoms with Crippen molar-refractivity contribution in [3.05, 3.63) is 47.2 Å². The first-order chi connectivity index (χ1) is 11.0. The molecule has 0 aliphatic carbocycles. The molecule has 0 bridgehead atoms. The molecule has 0 saturated carbocycles. The average Bonchev–Trinajstić information content (AvgIpc) is 3.21. The molecule has 1 fully saturated rings. The SMILES string of the molecule is O=C(Nc1ccc(Cl)cc1)c1cc(S(=O)(=O)N2CCCC2)c[nH]1. The van der Waals surface area contributed by atoms with Crippen LogP contribution in [0.4, 0.5) is 5.69 Å². The van der Waals surface area contributed by atoms with Crippen LogP contribution in [-0.4, -0.2) is 36.7 Å². The van der Waals surface area contributed by atoms with Gasteiger partial charge < -0.3 is 10.3 Å². The third-order valence-corrected chi connectivity index (χ3v) is 5.83. The van der Waals surface area contributed by atoms with Gasteiger partial charge in [-0.2, -0.15) is 4.31 Å². The summed E-state index contributed by atoms with van der Waals surface area (Å²) in [7, 11) is -3.53. The normalized spacial score (nSPS) is 15.7. The largest absolute Gasteiger partial charge is 0.356 e. The third-order valence-electron chi connectivity index (χ3n) is 3.71. The minimum Gasteiger partial charge on any atom is -0.356 e. The number of aromatic amines is 1. The topological polar surface area (TPSA) is 82.3 Å². The average molecular weight is 354 g/mol. The number of benzene rings is 1. The van der Waals surface area contributed by atoms with Gasteiger partial charge in [-0.1, -0.05) is 11.6 Å². The van der Waals surface area contributed by atoms with Gasteiger partial charge in [-0.25, -0.2) is 8.42 Å². The van der Waals surface area contributed by atoms with E-state index in [2.05, 4.69) is 10.3 Å². The van der Waals surface area contributed by atoms with Crippen molar-refractivity contribution in [2.45, 2.75) is 17.7 Å². The molecule has 1 saturated heterocycles. The molecule has 1 aliphatic rings. The fourth-order valence-corrected chi connectivity index (χ4v) is 4.10. The number of hydrogen-bond acceptors (Lipinski definition) is 3. The Hall–Kier alpha value is -1.83. The molecule has 2 aromatic rings. The molecular weight excluding hydrogens is 338 g/mol. The van der Waals surface area contributed by atoms with Crippen molar-refractivity contribution in [3.8, 4) is 0 Å². The van der Waals surface area contributed by atoms with Gasteiger partial charge in [0.1, 0.15) is 10.6 Å². The van der Waals surface area contributed by atoms with Crippen molar-refractivity contribution >= 4 is 33.2 Å². The molecule has 0 radical (unpaired) electrons. The number of aromatic nitrogens is 1. The number of H-pyrrole nitrogens is 1. The lowest BCUT2D eigenvalue weighted by Crippen LogP contribution is -2.27. The van der Waals surface area contributed by atoms with E-state index in [4.69, 9.17) is 11.6 Å². The quantitative estimate of drug-likeness (QED) is 0.886. The van der Waals surface area contributed by atoms with Crippen molar-refractivity contribution in [3.63, 3.8) is 0 Å². The lowest BCUT2D eigenvalue weighted by Gasteiger charge is -2.13. The van der Waals surface area contributed by atoms with Crippen molar-refractivity contribution < 1.29 is 13.2 Å². The van der Waals surface area contributed by atoms with E-state index in [9.17, 15) is 13.2 Å². The highest BCUT2D eigenvalue weighted by Gasteiger charge is 2.28. The Bertz CT molecular complexity index is 809. The zero-order valence-corrected chi connectivity index (χ0v) is 13.8. The van der Waals surface area contributed by atoms with E-state index in [1.807, 2.05) is 0 Å². The molecule has 3 rings (SSSR count). The van der Waals surface area contributed by atoms with E-state index >= 15 is 0 Å². The Kier molecular flexibility index (Phi) is 4.43. The highest BCUT2D eigenvalue weighted by molar-refractivity contribution is 7.89. The first-order valence-electron chi connectivity index (χ1n) is 7.22. The third kappa shape index (κ3) is 3.41. The van der Waals surface area contributed by atoms with Crippen LogP contribution in [0, 0.1) is 0 Å². The second-order valence-electron chi connectivity index (χ2n) is 5.32. The Labute approximate surface area is 139 Å². The van der Waals surface area contributed by atoms with Gasteiger partial charge in [-0.3, -0.25) is 4.79 Å². The molecule has 6 nitrogen and oxygen atoms in total. The monoisotopic (exact) mass is 353 g/mol. The van der Waals surface area contributed by atoms with Crippen molar-refractivity contribution in [1.82, 2.24) is 9.29 Å². The second-order valence-corrected chi connectivity index (χ2v) is 7.70. The van der Waals surface area contributed by atoms with Gasteiger partial charge in [-0.05, 0) is 43.2 Å². The maximum absolute atomic E-state index is 12.4. The molecule has 2 heterocycles. The minimum atomic E-state index is -3.53. The molecule has 1 aliphatic heterocycles. The van der Waals surface area contributed by atoms with Crippen LogP contribution < -0.4 is 5.32 Å². The molecule has 8 heteroatoms. The summed E-state index contributed by atoms with van der Waals surface area (Å²) in [6.45, 7) is 1.06. The van der Waals surface area contributed by atoms with Gasteiger partial charge >= 0.3 is 0 Å². The summed E-state index contributed by atoms with van der Waals surface area (Å²) in [4.78, 5) is 15.0. The van der Waals surface area contributed by atoms with Crippen LogP contribution in [0.3, 0.4) is 0 Å². The van der Waals surface area contributed by atoms with Gasteiger partial charge in [-0.15, -0.1) is 0 Å². The Balaban J connectivity index is 1.76. The molecular formula is C15H16ClN3O3S. The fourth-order valence-electron chi connectivity index (χ4n) is 2.46. The highest BCUT2D eigenvalue weighted by Crippen LogP contribution is 2.22. The number of halogens is 1. The lowest BCUT2D eigenvalue weighted by molar-refractivity contribution is 0.102. The summed E-state index contributed by atoms with van der Waals surface area (Å²) in [6, 6.07) is 8.03. The molecule has 0 atom stereocenters. The number of nitrogens with one attached hydrogen (secondary N) is 2. The van der Waals surface area contributed by atoms with Crippen molar-refractivity contribution in [1.29, 1.82) is 0 Å². The van der Waals surface area contributed by atoms with Gasteiger partial charge in [0.2, 0.25) is 10.0 Å². The van der Waals surface area contributed by atoms with E-state index in [1.165, 1.54) is 16.6 Å². The standard InChI is InChI=1S/C15H16ClN3O3S/c16-11-3-5-12(6-4-11)18-15(20)14-9-13(10-17-14)23(21,22)19-7-1-2-8-19/h3-6,9-10,17H,1-2,7-8H2,(H,18,20). The van der Waals surface area contributed by atoms with Crippen LogP contribution in [-0.2, 0) is 10.0 Å². The molecule has 1 aromatic heterocycles.